The van der Waals surface area contributed by atoms with Crippen molar-refractivity contribution in [3.05, 3.63) is 41.5 Å². The lowest BCUT2D eigenvalue weighted by Crippen LogP contribution is -2.07. The van der Waals surface area contributed by atoms with Crippen molar-refractivity contribution in [1.29, 1.82) is 0 Å². The molecule has 0 amide bonds. The predicted molar refractivity (Wildman–Crippen MR) is 75.7 cm³/mol. The second kappa shape index (κ2) is 5.63. The van der Waals surface area contributed by atoms with E-state index in [1.807, 2.05) is 19.1 Å². The largest absolute Gasteiger partial charge is 0.384 e. The minimum Gasteiger partial charge on any atom is -0.384 e. The van der Waals surface area contributed by atoms with E-state index in [1.54, 1.807) is 0 Å². The minimum atomic E-state index is -0.0814. The molecular weight excluding hydrogens is 254 g/mol. The molecular formula is C15H19N3O2. The summed E-state index contributed by atoms with van der Waals surface area (Å²) in [5.74, 6) is 1.44. The van der Waals surface area contributed by atoms with Gasteiger partial charge in [-0.2, -0.15) is 4.98 Å². The Morgan fingerprint density at radius 3 is 3.05 bits per heavy atom. The number of rotatable bonds is 5. The molecule has 5 heteroatoms. The van der Waals surface area contributed by atoms with Crippen molar-refractivity contribution in [2.24, 2.45) is 0 Å². The predicted octanol–water partition coefficient (Wildman–Crippen LogP) is 3.11. The van der Waals surface area contributed by atoms with Crippen LogP contribution in [0.4, 0.5) is 5.69 Å². The van der Waals surface area contributed by atoms with Crippen molar-refractivity contribution >= 4 is 5.69 Å². The number of ether oxygens (including phenoxy) is 1. The summed E-state index contributed by atoms with van der Waals surface area (Å²) >= 11 is 0. The summed E-state index contributed by atoms with van der Waals surface area (Å²) < 4.78 is 11.1. The molecule has 2 aromatic rings. The van der Waals surface area contributed by atoms with Crippen LogP contribution in [0, 0.1) is 0 Å². The van der Waals surface area contributed by atoms with Gasteiger partial charge in [0.15, 0.2) is 0 Å². The first-order chi connectivity index (χ1) is 9.83. The molecule has 1 aromatic heterocycles. The normalized spacial score (nSPS) is 18.6. The Balaban J connectivity index is 1.84. The summed E-state index contributed by atoms with van der Waals surface area (Å²) in [7, 11) is 0. The summed E-state index contributed by atoms with van der Waals surface area (Å²) in [4.78, 5) is 4.54. The zero-order chi connectivity index (χ0) is 13.9. The molecule has 20 heavy (non-hydrogen) atoms. The van der Waals surface area contributed by atoms with Crippen LogP contribution >= 0.6 is 0 Å². The first-order valence-electron chi connectivity index (χ1n) is 7.11. The molecule has 0 spiro atoms. The van der Waals surface area contributed by atoms with E-state index >= 15 is 0 Å². The highest BCUT2D eigenvalue weighted by atomic mass is 16.5. The second-order valence-electron chi connectivity index (χ2n) is 4.86. The highest BCUT2D eigenvalue weighted by molar-refractivity contribution is 5.59. The van der Waals surface area contributed by atoms with Gasteiger partial charge in [-0.1, -0.05) is 30.3 Å². The van der Waals surface area contributed by atoms with Crippen LogP contribution in [-0.4, -0.2) is 23.3 Å². The third-order valence-electron chi connectivity index (χ3n) is 3.62. The number of nitrogens with one attached hydrogen (secondary N) is 1. The van der Waals surface area contributed by atoms with Crippen LogP contribution in [0.1, 0.15) is 49.6 Å². The zero-order valence-electron chi connectivity index (χ0n) is 11.8. The van der Waals surface area contributed by atoms with Gasteiger partial charge in [-0.05, 0) is 25.0 Å². The van der Waals surface area contributed by atoms with E-state index in [-0.39, 0.29) is 12.0 Å². The van der Waals surface area contributed by atoms with Crippen LogP contribution in [0.5, 0.6) is 0 Å². The molecule has 0 aliphatic carbocycles. The molecule has 0 fully saturated rings. The molecule has 1 aliphatic heterocycles. The molecule has 1 aliphatic rings. The maximum Gasteiger partial charge on any atom is 0.236 e. The van der Waals surface area contributed by atoms with Crippen LogP contribution in [-0.2, 0) is 4.74 Å². The minimum absolute atomic E-state index is 0.0814. The molecule has 5 nitrogen and oxygen atoms in total. The fraction of sp³-hybridized carbons (Fsp3) is 0.467. The van der Waals surface area contributed by atoms with Crippen LogP contribution in [0.15, 0.2) is 28.8 Å². The fourth-order valence-electron chi connectivity index (χ4n) is 2.60. The van der Waals surface area contributed by atoms with Crippen molar-refractivity contribution < 1.29 is 9.26 Å². The molecule has 0 radical (unpaired) electrons. The van der Waals surface area contributed by atoms with Crippen molar-refractivity contribution in [2.45, 2.75) is 32.3 Å². The van der Waals surface area contributed by atoms with Crippen molar-refractivity contribution in [1.82, 2.24) is 10.1 Å². The number of aromatic nitrogens is 2. The number of para-hydroxylation sites is 1. The van der Waals surface area contributed by atoms with E-state index in [9.17, 15) is 0 Å². The quantitative estimate of drug-likeness (QED) is 0.907. The van der Waals surface area contributed by atoms with E-state index in [2.05, 4.69) is 34.5 Å². The van der Waals surface area contributed by atoms with Gasteiger partial charge >= 0.3 is 0 Å². The molecule has 1 N–H and O–H groups in total. The van der Waals surface area contributed by atoms with Gasteiger partial charge in [0.05, 0.1) is 5.92 Å². The maximum absolute atomic E-state index is 5.62. The Hall–Kier alpha value is -1.88. The summed E-state index contributed by atoms with van der Waals surface area (Å²) in [5.41, 5.74) is 2.36. The van der Waals surface area contributed by atoms with Gasteiger partial charge in [0.2, 0.25) is 11.7 Å². The number of nitrogens with zero attached hydrogens (tertiary/aromatic N) is 2. The SMILES string of the molecule is CCOC(CC)c1noc(C2CNc3ccccc32)n1. The van der Waals surface area contributed by atoms with E-state index < -0.39 is 0 Å². The zero-order valence-corrected chi connectivity index (χ0v) is 11.8. The van der Waals surface area contributed by atoms with Crippen LogP contribution < -0.4 is 5.32 Å². The Bertz CT molecular complexity index is 582. The van der Waals surface area contributed by atoms with Gasteiger partial charge in [0.25, 0.3) is 0 Å². The smallest absolute Gasteiger partial charge is 0.236 e. The first-order valence-corrected chi connectivity index (χ1v) is 7.11. The molecule has 2 heterocycles. The highest BCUT2D eigenvalue weighted by Gasteiger charge is 2.29. The average molecular weight is 273 g/mol. The van der Waals surface area contributed by atoms with Crippen molar-refractivity contribution in [3.63, 3.8) is 0 Å². The number of benzene rings is 1. The summed E-state index contributed by atoms with van der Waals surface area (Å²) in [6, 6.07) is 8.23. The van der Waals surface area contributed by atoms with Crippen molar-refractivity contribution in [2.75, 3.05) is 18.5 Å². The van der Waals surface area contributed by atoms with E-state index in [0.717, 1.165) is 18.7 Å². The van der Waals surface area contributed by atoms with Crippen LogP contribution in [0.2, 0.25) is 0 Å². The standard InChI is InChI=1S/C15H19N3O2/c1-3-13(19-4-2)14-17-15(20-18-14)11-9-16-12-8-6-5-7-10(11)12/h5-8,11,13,16H,3-4,9H2,1-2H3. The number of hydrogen-bond acceptors (Lipinski definition) is 5. The highest BCUT2D eigenvalue weighted by Crippen LogP contribution is 2.35. The molecule has 106 valence electrons. The third-order valence-corrected chi connectivity index (χ3v) is 3.62. The van der Waals surface area contributed by atoms with Gasteiger partial charge in [0.1, 0.15) is 6.10 Å². The second-order valence-corrected chi connectivity index (χ2v) is 4.86. The molecule has 0 bridgehead atoms. The Kier molecular flexibility index (Phi) is 3.69. The van der Waals surface area contributed by atoms with Crippen LogP contribution in [0.25, 0.3) is 0 Å². The molecule has 2 atom stereocenters. The van der Waals surface area contributed by atoms with Crippen LogP contribution in [0.3, 0.4) is 0 Å². The lowest BCUT2D eigenvalue weighted by molar-refractivity contribution is 0.0518. The molecule has 3 rings (SSSR count). The summed E-state index contributed by atoms with van der Waals surface area (Å²) in [5, 5.41) is 7.45. The van der Waals surface area contributed by atoms with Gasteiger partial charge in [-0.25, -0.2) is 0 Å². The number of hydrogen-bond donors (Lipinski definition) is 1. The topological polar surface area (TPSA) is 60.2 Å². The van der Waals surface area contributed by atoms with Crippen molar-refractivity contribution in [3.8, 4) is 0 Å². The Morgan fingerprint density at radius 1 is 1.40 bits per heavy atom. The summed E-state index contributed by atoms with van der Waals surface area (Å²) in [6.45, 7) is 5.48. The third kappa shape index (κ3) is 2.29. The lowest BCUT2D eigenvalue weighted by Gasteiger charge is -2.09. The molecule has 0 saturated heterocycles. The van der Waals surface area contributed by atoms with E-state index in [4.69, 9.17) is 9.26 Å². The lowest BCUT2D eigenvalue weighted by atomic mass is 10.0. The fourth-order valence-corrected chi connectivity index (χ4v) is 2.60. The number of fused-ring (bicyclic) bond motifs is 1. The molecule has 1 aromatic carbocycles. The van der Waals surface area contributed by atoms with E-state index in [1.165, 1.54) is 5.56 Å². The summed E-state index contributed by atoms with van der Waals surface area (Å²) in [6.07, 6.45) is 0.758. The Morgan fingerprint density at radius 2 is 2.25 bits per heavy atom. The van der Waals surface area contributed by atoms with Gasteiger partial charge in [-0.3, -0.25) is 0 Å². The van der Waals surface area contributed by atoms with Gasteiger partial charge in [0, 0.05) is 18.8 Å². The van der Waals surface area contributed by atoms with Gasteiger partial charge < -0.3 is 14.6 Å². The number of anilines is 1. The van der Waals surface area contributed by atoms with Gasteiger partial charge in [-0.15, -0.1) is 0 Å². The Labute approximate surface area is 118 Å². The van der Waals surface area contributed by atoms with E-state index in [0.29, 0.717) is 18.3 Å². The maximum atomic E-state index is 5.62. The molecule has 0 saturated carbocycles. The molecule has 2 unspecified atom stereocenters. The average Bonchev–Trinajstić information content (AvgIpc) is 3.11. The monoisotopic (exact) mass is 273 g/mol. The first kappa shape index (κ1) is 13.1.